The zero-order chi connectivity index (χ0) is 22.9. The Morgan fingerprint density at radius 2 is 2.03 bits per heavy atom. The monoisotopic (exact) mass is 468 g/mol. The van der Waals surface area contributed by atoms with E-state index in [0.717, 1.165) is 52.5 Å². The Kier molecular flexibility index (Phi) is 8.60. The van der Waals surface area contributed by atoms with Gasteiger partial charge in [0.1, 0.15) is 12.4 Å². The number of hydrogen-bond acceptors (Lipinski definition) is 6. The van der Waals surface area contributed by atoms with Gasteiger partial charge in [-0.15, -0.1) is 0 Å². The number of hydrogen-bond donors (Lipinski definition) is 2. The molecule has 0 bridgehead atoms. The van der Waals surface area contributed by atoms with Crippen molar-refractivity contribution in [2.24, 2.45) is 0 Å². The second kappa shape index (κ2) is 12.0. The zero-order valence-corrected chi connectivity index (χ0v) is 20.0. The van der Waals surface area contributed by atoms with Crippen LogP contribution in [0.1, 0.15) is 49.8 Å². The number of thioether (sulfide) groups is 1. The third-order valence-corrected chi connectivity index (χ3v) is 6.75. The minimum atomic E-state index is -0.0145. The fraction of sp³-hybridized carbons (Fsp3) is 0.480. The van der Waals surface area contributed by atoms with Gasteiger partial charge in [0, 0.05) is 30.0 Å². The molecular formula is C25H32N4O3S. The van der Waals surface area contributed by atoms with E-state index < -0.39 is 0 Å². The maximum absolute atomic E-state index is 12.0. The second-order valence-electron chi connectivity index (χ2n) is 8.39. The molecule has 0 atom stereocenters. The summed E-state index contributed by atoms with van der Waals surface area (Å²) < 4.78 is 11.5. The van der Waals surface area contributed by atoms with Crippen LogP contribution in [-0.2, 0) is 15.3 Å². The van der Waals surface area contributed by atoms with Crippen molar-refractivity contribution in [3.05, 3.63) is 47.8 Å². The van der Waals surface area contributed by atoms with Crippen LogP contribution in [0.25, 0.3) is 11.0 Å². The van der Waals surface area contributed by atoms with E-state index in [4.69, 9.17) is 9.47 Å². The normalized spacial score (nSPS) is 14.5. The van der Waals surface area contributed by atoms with Crippen molar-refractivity contribution >= 4 is 28.7 Å². The first kappa shape index (κ1) is 23.6. The number of ether oxygens (including phenoxy) is 2. The number of imidazole rings is 1. The predicted octanol–water partition coefficient (Wildman–Crippen LogP) is 4.79. The highest BCUT2D eigenvalue weighted by molar-refractivity contribution is 7.98. The topological polar surface area (TPSA) is 89.1 Å². The third kappa shape index (κ3) is 6.95. The molecular weight excluding hydrogens is 436 g/mol. The van der Waals surface area contributed by atoms with Gasteiger partial charge >= 0.3 is 0 Å². The summed E-state index contributed by atoms with van der Waals surface area (Å²) in [5, 5.41) is 3.95. The van der Waals surface area contributed by atoms with Crippen molar-refractivity contribution < 1.29 is 14.3 Å². The van der Waals surface area contributed by atoms with Gasteiger partial charge in [-0.1, -0.05) is 43.2 Å². The van der Waals surface area contributed by atoms with Crippen molar-refractivity contribution in [3.63, 3.8) is 0 Å². The molecule has 2 N–H and O–H groups in total. The average Bonchev–Trinajstić information content (AvgIpc) is 3.25. The van der Waals surface area contributed by atoms with E-state index in [2.05, 4.69) is 20.3 Å². The fourth-order valence-corrected chi connectivity index (χ4v) is 4.93. The molecule has 1 saturated carbocycles. The van der Waals surface area contributed by atoms with Crippen LogP contribution >= 0.6 is 11.8 Å². The van der Waals surface area contributed by atoms with E-state index in [9.17, 15) is 4.79 Å². The molecule has 3 aromatic rings. The van der Waals surface area contributed by atoms with Gasteiger partial charge in [0.2, 0.25) is 5.91 Å². The lowest BCUT2D eigenvalue weighted by Gasteiger charge is -2.22. The highest BCUT2D eigenvalue weighted by atomic mass is 32.2. The number of fused-ring (bicyclic) bond motifs is 1. The Morgan fingerprint density at radius 1 is 1.18 bits per heavy atom. The molecule has 1 aliphatic carbocycles. The molecule has 0 spiro atoms. The molecule has 1 aliphatic rings. The first-order chi connectivity index (χ1) is 16.2. The molecule has 7 nitrogen and oxygen atoms in total. The Balaban J connectivity index is 1.16. The lowest BCUT2D eigenvalue weighted by molar-refractivity contribution is -0.126. The molecule has 1 amide bonds. The van der Waals surface area contributed by atoms with Gasteiger partial charge in [0.25, 0.3) is 0 Å². The Labute approximate surface area is 199 Å². The molecule has 1 aromatic carbocycles. The van der Waals surface area contributed by atoms with Crippen LogP contribution in [0.5, 0.6) is 5.75 Å². The van der Waals surface area contributed by atoms with E-state index in [1.807, 2.05) is 37.3 Å². The number of carbonyl (C=O) groups excluding carboxylic acids is 1. The number of aromatic nitrogens is 3. The zero-order valence-electron chi connectivity index (χ0n) is 19.1. The van der Waals surface area contributed by atoms with Gasteiger partial charge < -0.3 is 19.8 Å². The van der Waals surface area contributed by atoms with Crippen molar-refractivity contribution in [2.75, 3.05) is 19.8 Å². The Hall–Kier alpha value is -2.58. The minimum absolute atomic E-state index is 0.0145. The van der Waals surface area contributed by atoms with E-state index in [1.165, 1.54) is 19.3 Å². The van der Waals surface area contributed by atoms with Crippen LogP contribution in [0.15, 0.2) is 41.7 Å². The minimum Gasteiger partial charge on any atom is -0.493 e. The summed E-state index contributed by atoms with van der Waals surface area (Å²) in [6.07, 6.45) is 8.37. The molecule has 1 fully saturated rings. The highest BCUT2D eigenvalue weighted by Crippen LogP contribution is 2.27. The first-order valence-electron chi connectivity index (χ1n) is 11.7. The van der Waals surface area contributed by atoms with Crippen LogP contribution < -0.4 is 10.1 Å². The summed E-state index contributed by atoms with van der Waals surface area (Å²) in [5.74, 6) is 1.53. The number of para-hydroxylation sites is 2. The first-order valence-corrected chi connectivity index (χ1v) is 12.7. The van der Waals surface area contributed by atoms with Crippen LogP contribution in [-0.4, -0.2) is 46.7 Å². The molecule has 2 heterocycles. The SMILES string of the molecule is Cc1c(OCCCOCC(=O)NC2CCCCC2)ccnc1CSc1nc2ccccc2[nH]1. The van der Waals surface area contributed by atoms with E-state index >= 15 is 0 Å². The van der Waals surface area contributed by atoms with Crippen molar-refractivity contribution in [3.8, 4) is 5.75 Å². The van der Waals surface area contributed by atoms with E-state index in [1.54, 1.807) is 18.0 Å². The maximum Gasteiger partial charge on any atom is 0.246 e. The summed E-state index contributed by atoms with van der Waals surface area (Å²) in [6.45, 7) is 3.18. The van der Waals surface area contributed by atoms with Crippen LogP contribution in [0.2, 0.25) is 0 Å². The van der Waals surface area contributed by atoms with Crippen LogP contribution in [0.4, 0.5) is 0 Å². The Bertz CT molecular complexity index is 1020. The summed E-state index contributed by atoms with van der Waals surface area (Å²) in [5.41, 5.74) is 4.02. The van der Waals surface area contributed by atoms with E-state index in [0.29, 0.717) is 25.0 Å². The molecule has 0 unspecified atom stereocenters. The number of rotatable bonds is 11. The molecule has 176 valence electrons. The molecule has 0 saturated heterocycles. The number of nitrogens with one attached hydrogen (secondary N) is 2. The number of pyridine rings is 1. The largest absolute Gasteiger partial charge is 0.493 e. The average molecular weight is 469 g/mol. The molecule has 8 heteroatoms. The van der Waals surface area contributed by atoms with E-state index in [-0.39, 0.29) is 12.5 Å². The molecule has 4 rings (SSSR count). The lowest BCUT2D eigenvalue weighted by Crippen LogP contribution is -2.38. The lowest BCUT2D eigenvalue weighted by atomic mass is 9.95. The highest BCUT2D eigenvalue weighted by Gasteiger charge is 2.15. The molecule has 33 heavy (non-hydrogen) atoms. The number of aromatic amines is 1. The van der Waals surface area contributed by atoms with Gasteiger partial charge in [-0.2, -0.15) is 0 Å². The predicted molar refractivity (Wildman–Crippen MR) is 131 cm³/mol. The smallest absolute Gasteiger partial charge is 0.246 e. The number of amides is 1. The van der Waals surface area contributed by atoms with Crippen molar-refractivity contribution in [1.29, 1.82) is 0 Å². The fourth-order valence-electron chi connectivity index (χ4n) is 4.02. The third-order valence-electron chi connectivity index (χ3n) is 5.87. The summed E-state index contributed by atoms with van der Waals surface area (Å²) in [7, 11) is 0. The van der Waals surface area contributed by atoms with Gasteiger partial charge in [-0.05, 0) is 38.0 Å². The molecule has 0 radical (unpaired) electrons. The van der Waals surface area contributed by atoms with Gasteiger partial charge in [-0.25, -0.2) is 4.98 Å². The standard InChI is InChI=1S/C25H32N4O3S/c1-18-22(17-33-25-28-20-10-5-6-11-21(20)29-25)26-13-12-23(18)32-15-7-14-31-16-24(30)27-19-8-3-2-4-9-19/h5-6,10-13,19H,2-4,7-9,14-17H2,1H3,(H,27,30)(H,28,29). The number of nitrogens with zero attached hydrogens (tertiary/aromatic N) is 2. The van der Waals surface area contributed by atoms with Crippen molar-refractivity contribution in [1.82, 2.24) is 20.3 Å². The molecule has 0 aliphatic heterocycles. The summed E-state index contributed by atoms with van der Waals surface area (Å²) in [4.78, 5) is 24.4. The summed E-state index contributed by atoms with van der Waals surface area (Å²) in [6, 6.07) is 10.2. The quantitative estimate of drug-likeness (QED) is 0.311. The second-order valence-corrected chi connectivity index (χ2v) is 9.35. The Morgan fingerprint density at radius 3 is 2.88 bits per heavy atom. The van der Waals surface area contributed by atoms with Crippen molar-refractivity contribution in [2.45, 2.75) is 62.4 Å². The van der Waals surface area contributed by atoms with Gasteiger partial charge in [0.15, 0.2) is 5.16 Å². The maximum atomic E-state index is 12.0. The van der Waals surface area contributed by atoms with Crippen LogP contribution in [0.3, 0.4) is 0 Å². The number of carbonyl (C=O) groups is 1. The summed E-state index contributed by atoms with van der Waals surface area (Å²) >= 11 is 1.63. The number of H-pyrrole nitrogens is 1. The molecule has 2 aromatic heterocycles. The van der Waals surface area contributed by atoms with Gasteiger partial charge in [0.05, 0.1) is 29.9 Å². The number of benzene rings is 1. The van der Waals surface area contributed by atoms with Crippen LogP contribution in [0, 0.1) is 6.92 Å². The van der Waals surface area contributed by atoms with Gasteiger partial charge in [-0.3, -0.25) is 9.78 Å².